The molecule has 1 rings (SSSR count). The Labute approximate surface area is 108 Å². The molecule has 98 valence electrons. The van der Waals surface area contributed by atoms with E-state index in [1.807, 2.05) is 4.90 Å². The molecule has 1 aliphatic heterocycles. The van der Waals surface area contributed by atoms with Crippen molar-refractivity contribution in [2.24, 2.45) is 0 Å². The van der Waals surface area contributed by atoms with E-state index in [-0.39, 0.29) is 16.3 Å². The monoisotopic (exact) mass is 258 g/mol. The van der Waals surface area contributed by atoms with Gasteiger partial charge in [-0.3, -0.25) is 9.59 Å². The van der Waals surface area contributed by atoms with E-state index in [0.29, 0.717) is 12.5 Å². The number of carbonyl (C=O) groups excluding carboxylic acids is 2. The van der Waals surface area contributed by atoms with Gasteiger partial charge in [-0.05, 0) is 20.9 Å². The van der Waals surface area contributed by atoms with Gasteiger partial charge in [0, 0.05) is 44.3 Å². The lowest BCUT2D eigenvalue weighted by Crippen LogP contribution is -2.37. The smallest absolute Gasteiger partial charge is 0.223 e. The normalized spacial score (nSPS) is 20.7. The van der Waals surface area contributed by atoms with Crippen LogP contribution in [-0.4, -0.2) is 58.8 Å². The number of amides is 1. The molecule has 0 radical (unpaired) electrons. The van der Waals surface area contributed by atoms with Crippen LogP contribution in [0.15, 0.2) is 0 Å². The molecule has 1 fully saturated rings. The van der Waals surface area contributed by atoms with Crippen molar-refractivity contribution in [3.8, 4) is 0 Å². The molecule has 1 unspecified atom stereocenters. The largest absolute Gasteiger partial charge is 0.340 e. The summed E-state index contributed by atoms with van der Waals surface area (Å²) >= 11 is 1.30. The van der Waals surface area contributed by atoms with Gasteiger partial charge in [0.2, 0.25) is 5.91 Å². The van der Waals surface area contributed by atoms with Gasteiger partial charge in [0.25, 0.3) is 0 Å². The Morgan fingerprint density at radius 3 is 2.76 bits per heavy atom. The molecule has 1 atom stereocenters. The summed E-state index contributed by atoms with van der Waals surface area (Å²) in [7, 11) is 2.06. The van der Waals surface area contributed by atoms with E-state index in [0.717, 1.165) is 19.6 Å². The van der Waals surface area contributed by atoms with Gasteiger partial charge in [-0.1, -0.05) is 11.8 Å². The molecule has 4 nitrogen and oxygen atoms in total. The number of nitrogens with zero attached hydrogens (tertiary/aromatic N) is 2. The van der Waals surface area contributed by atoms with Gasteiger partial charge in [-0.2, -0.15) is 0 Å². The minimum absolute atomic E-state index is 0.101. The van der Waals surface area contributed by atoms with Crippen LogP contribution >= 0.6 is 11.8 Å². The lowest BCUT2D eigenvalue weighted by atomic mass is 10.3. The summed E-state index contributed by atoms with van der Waals surface area (Å²) in [6.07, 6.45) is 0.510. The maximum Gasteiger partial charge on any atom is 0.223 e. The van der Waals surface area contributed by atoms with Gasteiger partial charge in [0.1, 0.15) is 0 Å². The zero-order chi connectivity index (χ0) is 13.0. The van der Waals surface area contributed by atoms with E-state index in [1.54, 1.807) is 6.92 Å². The number of hydrogen-bond donors (Lipinski definition) is 0. The van der Waals surface area contributed by atoms with Crippen LogP contribution in [0, 0.1) is 0 Å². The summed E-state index contributed by atoms with van der Waals surface area (Å²) in [4.78, 5) is 26.8. The fourth-order valence-electron chi connectivity index (χ4n) is 1.80. The molecule has 5 heteroatoms. The van der Waals surface area contributed by atoms with Gasteiger partial charge in [-0.25, -0.2) is 0 Å². The Morgan fingerprint density at radius 2 is 2.24 bits per heavy atom. The van der Waals surface area contributed by atoms with Crippen molar-refractivity contribution in [3.63, 3.8) is 0 Å². The van der Waals surface area contributed by atoms with Crippen LogP contribution in [0.5, 0.6) is 0 Å². The lowest BCUT2D eigenvalue weighted by Gasteiger charge is -2.24. The van der Waals surface area contributed by atoms with Gasteiger partial charge < -0.3 is 9.80 Å². The molecule has 0 saturated carbocycles. The second kappa shape index (κ2) is 6.40. The SMILES string of the molecule is CC(=O)SC1CC(=O)N(CCN(C)C(C)C)C1. The molecule has 0 aromatic heterocycles. The van der Waals surface area contributed by atoms with Crippen LogP contribution < -0.4 is 0 Å². The average molecular weight is 258 g/mol. The molecule has 1 amide bonds. The third-order valence-electron chi connectivity index (χ3n) is 3.12. The molecule has 0 aromatic rings. The maximum absolute atomic E-state index is 11.7. The van der Waals surface area contributed by atoms with Crippen LogP contribution in [0.3, 0.4) is 0 Å². The average Bonchev–Trinajstić information content (AvgIpc) is 2.54. The zero-order valence-corrected chi connectivity index (χ0v) is 11.9. The molecule has 0 N–H and O–H groups in total. The molecule has 1 saturated heterocycles. The highest BCUT2D eigenvalue weighted by Crippen LogP contribution is 2.23. The number of carbonyl (C=O) groups is 2. The van der Waals surface area contributed by atoms with Crippen molar-refractivity contribution >= 4 is 22.8 Å². The van der Waals surface area contributed by atoms with E-state index in [9.17, 15) is 9.59 Å². The van der Waals surface area contributed by atoms with Crippen LogP contribution in [0.25, 0.3) is 0 Å². The quantitative estimate of drug-likeness (QED) is 0.743. The summed E-state index contributed by atoms with van der Waals surface area (Å²) in [5.41, 5.74) is 0. The van der Waals surface area contributed by atoms with Gasteiger partial charge >= 0.3 is 0 Å². The standard InChI is InChI=1S/C12H22N2O2S/c1-9(2)13(4)5-6-14-8-11(7-12(14)16)17-10(3)15/h9,11H,5-8H2,1-4H3. The number of likely N-dealkylation sites (tertiary alicyclic amines) is 1. The predicted molar refractivity (Wildman–Crippen MR) is 71.0 cm³/mol. The molecule has 1 aliphatic rings. The highest BCUT2D eigenvalue weighted by molar-refractivity contribution is 8.14. The molecule has 0 aliphatic carbocycles. The van der Waals surface area contributed by atoms with E-state index in [2.05, 4.69) is 25.8 Å². The van der Waals surface area contributed by atoms with E-state index in [1.165, 1.54) is 11.8 Å². The van der Waals surface area contributed by atoms with E-state index >= 15 is 0 Å². The third kappa shape index (κ3) is 4.68. The predicted octanol–water partition coefficient (Wildman–Crippen LogP) is 1.21. The number of rotatable bonds is 5. The summed E-state index contributed by atoms with van der Waals surface area (Å²) in [5, 5.41) is 0.258. The Hall–Kier alpha value is -0.550. The molecule has 0 bridgehead atoms. The molecule has 17 heavy (non-hydrogen) atoms. The Balaban J connectivity index is 2.35. The van der Waals surface area contributed by atoms with Crippen LogP contribution in [0.1, 0.15) is 27.2 Å². The third-order valence-corrected chi connectivity index (χ3v) is 4.10. The van der Waals surface area contributed by atoms with Crippen LogP contribution in [0.4, 0.5) is 0 Å². The highest BCUT2D eigenvalue weighted by Gasteiger charge is 2.30. The van der Waals surface area contributed by atoms with Crippen molar-refractivity contribution in [1.82, 2.24) is 9.80 Å². The first-order valence-electron chi connectivity index (χ1n) is 6.05. The van der Waals surface area contributed by atoms with Crippen molar-refractivity contribution in [2.45, 2.75) is 38.5 Å². The summed E-state index contributed by atoms with van der Waals surface area (Å²) < 4.78 is 0. The summed E-state index contributed by atoms with van der Waals surface area (Å²) in [6, 6.07) is 0.495. The highest BCUT2D eigenvalue weighted by atomic mass is 32.2. The van der Waals surface area contributed by atoms with Gasteiger partial charge in [0.05, 0.1) is 0 Å². The molecule has 0 aromatic carbocycles. The summed E-state index contributed by atoms with van der Waals surface area (Å²) in [5.74, 6) is 0.181. The lowest BCUT2D eigenvalue weighted by molar-refractivity contribution is -0.127. The van der Waals surface area contributed by atoms with E-state index < -0.39 is 0 Å². The molecule has 1 heterocycles. The van der Waals surface area contributed by atoms with Gasteiger partial charge in [-0.15, -0.1) is 0 Å². The summed E-state index contributed by atoms with van der Waals surface area (Å²) in [6.45, 7) is 8.21. The number of hydrogen-bond acceptors (Lipinski definition) is 4. The zero-order valence-electron chi connectivity index (χ0n) is 11.1. The fraction of sp³-hybridized carbons (Fsp3) is 0.833. The topological polar surface area (TPSA) is 40.6 Å². The minimum Gasteiger partial charge on any atom is -0.340 e. The van der Waals surface area contributed by atoms with Crippen LogP contribution in [0.2, 0.25) is 0 Å². The number of thioether (sulfide) groups is 1. The molecular formula is C12H22N2O2S. The first-order valence-corrected chi connectivity index (χ1v) is 6.93. The number of likely N-dealkylation sites (N-methyl/N-ethyl adjacent to an activating group) is 1. The fourth-order valence-corrected chi connectivity index (χ4v) is 2.75. The second-order valence-corrected chi connectivity index (χ2v) is 6.33. The molecular weight excluding hydrogens is 236 g/mol. The first kappa shape index (κ1) is 14.5. The Bertz CT molecular complexity index is 294. The van der Waals surface area contributed by atoms with Crippen molar-refractivity contribution < 1.29 is 9.59 Å². The Morgan fingerprint density at radius 1 is 1.59 bits per heavy atom. The van der Waals surface area contributed by atoms with Gasteiger partial charge in [0.15, 0.2) is 5.12 Å². The Kier molecular flexibility index (Phi) is 5.46. The maximum atomic E-state index is 11.7. The second-order valence-electron chi connectivity index (χ2n) is 4.85. The van der Waals surface area contributed by atoms with Crippen molar-refractivity contribution in [3.05, 3.63) is 0 Å². The van der Waals surface area contributed by atoms with Crippen molar-refractivity contribution in [1.29, 1.82) is 0 Å². The first-order chi connectivity index (χ1) is 7.90. The van der Waals surface area contributed by atoms with Crippen LogP contribution in [-0.2, 0) is 9.59 Å². The van der Waals surface area contributed by atoms with Crippen molar-refractivity contribution in [2.75, 3.05) is 26.7 Å². The van der Waals surface area contributed by atoms with E-state index in [4.69, 9.17) is 0 Å². The minimum atomic E-state index is 0.101. The molecule has 0 spiro atoms.